The number of hydrogen-bond donors (Lipinski definition) is 1. The van der Waals surface area contributed by atoms with E-state index < -0.39 is 17.7 Å². The standard InChI is InChI=1S/C23H17FN2O4/c1-2-29-23(28)16-5-3-15(4-6-16)21-12-11-20(30-21)13-17(14-25)22(27)26-19-9-7-18(24)8-10-19/h3-13H,2H2,1H3,(H,26,27)/b17-13-. The van der Waals surface area contributed by atoms with Crippen LogP contribution in [0, 0.1) is 17.1 Å². The second-order valence-corrected chi connectivity index (χ2v) is 6.13. The molecule has 30 heavy (non-hydrogen) atoms. The number of nitrogens with zero attached hydrogens (tertiary/aromatic N) is 1. The summed E-state index contributed by atoms with van der Waals surface area (Å²) < 4.78 is 23.6. The van der Waals surface area contributed by atoms with Crippen LogP contribution in [-0.4, -0.2) is 18.5 Å². The topological polar surface area (TPSA) is 92.3 Å². The molecule has 150 valence electrons. The first-order valence-corrected chi connectivity index (χ1v) is 9.06. The van der Waals surface area contributed by atoms with Crippen molar-refractivity contribution >= 4 is 23.6 Å². The van der Waals surface area contributed by atoms with Gasteiger partial charge in [-0.2, -0.15) is 5.26 Å². The van der Waals surface area contributed by atoms with Crippen molar-refractivity contribution in [3.8, 4) is 17.4 Å². The Labute approximate surface area is 172 Å². The lowest BCUT2D eigenvalue weighted by atomic mass is 10.1. The van der Waals surface area contributed by atoms with E-state index in [1.165, 1.54) is 30.3 Å². The van der Waals surface area contributed by atoms with Crippen LogP contribution < -0.4 is 5.32 Å². The first-order valence-electron chi connectivity index (χ1n) is 9.06. The fourth-order valence-electron chi connectivity index (χ4n) is 2.59. The lowest BCUT2D eigenvalue weighted by Crippen LogP contribution is -2.13. The molecule has 0 radical (unpaired) electrons. The molecule has 0 atom stereocenters. The van der Waals surface area contributed by atoms with E-state index in [9.17, 15) is 19.2 Å². The van der Waals surface area contributed by atoms with Gasteiger partial charge in [0.05, 0.1) is 12.2 Å². The van der Waals surface area contributed by atoms with Crippen LogP contribution in [0.2, 0.25) is 0 Å². The molecule has 6 nitrogen and oxygen atoms in total. The number of carbonyl (C=O) groups excluding carboxylic acids is 2. The highest BCUT2D eigenvalue weighted by atomic mass is 19.1. The number of benzene rings is 2. The fourth-order valence-corrected chi connectivity index (χ4v) is 2.59. The summed E-state index contributed by atoms with van der Waals surface area (Å²) in [6.07, 6.45) is 1.31. The Morgan fingerprint density at radius 3 is 2.43 bits per heavy atom. The molecule has 0 saturated carbocycles. The van der Waals surface area contributed by atoms with Crippen molar-refractivity contribution < 1.29 is 23.1 Å². The Balaban J connectivity index is 1.74. The minimum Gasteiger partial charge on any atom is -0.462 e. The van der Waals surface area contributed by atoms with Gasteiger partial charge in [-0.3, -0.25) is 4.79 Å². The van der Waals surface area contributed by atoms with Crippen LogP contribution in [-0.2, 0) is 9.53 Å². The number of halogens is 1. The molecule has 0 aliphatic rings. The van der Waals surface area contributed by atoms with Crippen molar-refractivity contribution in [1.29, 1.82) is 5.26 Å². The Hall–Kier alpha value is -4.18. The summed E-state index contributed by atoms with van der Waals surface area (Å²) in [6, 6.07) is 17.0. The summed E-state index contributed by atoms with van der Waals surface area (Å²) in [5.74, 6) is -0.653. The maximum atomic E-state index is 13.0. The number of anilines is 1. The van der Waals surface area contributed by atoms with Crippen LogP contribution in [0.25, 0.3) is 17.4 Å². The molecule has 1 amide bonds. The van der Waals surface area contributed by atoms with Crippen LogP contribution in [0.3, 0.4) is 0 Å². The van der Waals surface area contributed by atoms with Gasteiger partial charge in [-0.1, -0.05) is 12.1 Å². The van der Waals surface area contributed by atoms with Crippen molar-refractivity contribution in [3.05, 3.63) is 83.4 Å². The molecule has 1 N–H and O–H groups in total. The minimum absolute atomic E-state index is 0.169. The summed E-state index contributed by atoms with van der Waals surface area (Å²) in [7, 11) is 0. The van der Waals surface area contributed by atoms with E-state index in [0.29, 0.717) is 29.4 Å². The Bertz CT molecular complexity index is 1120. The Morgan fingerprint density at radius 1 is 1.10 bits per heavy atom. The van der Waals surface area contributed by atoms with Gasteiger partial charge >= 0.3 is 5.97 Å². The quantitative estimate of drug-likeness (QED) is 0.362. The average Bonchev–Trinajstić information content (AvgIpc) is 3.22. The zero-order valence-electron chi connectivity index (χ0n) is 16.0. The normalized spacial score (nSPS) is 10.9. The molecule has 7 heteroatoms. The van der Waals surface area contributed by atoms with Crippen molar-refractivity contribution in [2.45, 2.75) is 6.92 Å². The van der Waals surface area contributed by atoms with Gasteiger partial charge in [0, 0.05) is 17.3 Å². The second kappa shape index (κ2) is 9.34. The summed E-state index contributed by atoms with van der Waals surface area (Å²) in [5, 5.41) is 11.8. The maximum Gasteiger partial charge on any atom is 0.338 e. The van der Waals surface area contributed by atoms with Gasteiger partial charge in [0.25, 0.3) is 5.91 Å². The number of amides is 1. The summed E-state index contributed by atoms with van der Waals surface area (Å²) in [5.41, 5.74) is 1.34. The average molecular weight is 404 g/mol. The first kappa shape index (κ1) is 20.6. The van der Waals surface area contributed by atoms with Crippen molar-refractivity contribution in [3.63, 3.8) is 0 Å². The van der Waals surface area contributed by atoms with Crippen LogP contribution in [0.1, 0.15) is 23.0 Å². The Kier molecular flexibility index (Phi) is 6.40. The smallest absolute Gasteiger partial charge is 0.338 e. The number of hydrogen-bond acceptors (Lipinski definition) is 5. The third-order valence-corrected chi connectivity index (χ3v) is 4.06. The lowest BCUT2D eigenvalue weighted by molar-refractivity contribution is -0.112. The first-order chi connectivity index (χ1) is 14.5. The second-order valence-electron chi connectivity index (χ2n) is 6.13. The van der Waals surface area contributed by atoms with E-state index in [4.69, 9.17) is 9.15 Å². The molecule has 1 heterocycles. The van der Waals surface area contributed by atoms with E-state index in [0.717, 1.165) is 5.56 Å². The summed E-state index contributed by atoms with van der Waals surface area (Å²) in [4.78, 5) is 24.0. The van der Waals surface area contributed by atoms with Gasteiger partial charge in [0.2, 0.25) is 0 Å². The number of esters is 1. The predicted octanol–water partition coefficient (Wildman–Crippen LogP) is 4.81. The van der Waals surface area contributed by atoms with Crippen molar-refractivity contribution in [2.75, 3.05) is 11.9 Å². The molecule has 0 saturated heterocycles. The van der Waals surface area contributed by atoms with E-state index >= 15 is 0 Å². The van der Waals surface area contributed by atoms with Crippen LogP contribution in [0.4, 0.5) is 10.1 Å². The molecular weight excluding hydrogens is 387 g/mol. The molecule has 0 aliphatic heterocycles. The number of rotatable bonds is 6. The molecule has 0 spiro atoms. The zero-order chi connectivity index (χ0) is 21.5. The number of ether oxygens (including phenoxy) is 1. The minimum atomic E-state index is -0.638. The van der Waals surface area contributed by atoms with Gasteiger partial charge in [-0.25, -0.2) is 9.18 Å². The maximum absolute atomic E-state index is 13.0. The molecular formula is C23H17FN2O4. The van der Waals surface area contributed by atoms with Crippen molar-refractivity contribution in [2.24, 2.45) is 0 Å². The molecule has 1 aromatic heterocycles. The van der Waals surface area contributed by atoms with E-state index in [2.05, 4.69) is 5.32 Å². The zero-order valence-corrected chi connectivity index (χ0v) is 16.0. The largest absolute Gasteiger partial charge is 0.462 e. The van der Waals surface area contributed by atoms with Gasteiger partial charge in [0.15, 0.2) is 0 Å². The summed E-state index contributed by atoms with van der Waals surface area (Å²) >= 11 is 0. The number of nitrogens with one attached hydrogen (secondary N) is 1. The number of furan rings is 1. The van der Waals surface area contributed by atoms with E-state index in [-0.39, 0.29) is 5.57 Å². The SMILES string of the molecule is CCOC(=O)c1ccc(-c2ccc(/C=C(/C#N)C(=O)Nc3ccc(F)cc3)o2)cc1. The fraction of sp³-hybridized carbons (Fsp3) is 0.0870. The third-order valence-electron chi connectivity index (χ3n) is 4.06. The van der Waals surface area contributed by atoms with Gasteiger partial charge < -0.3 is 14.5 Å². The molecule has 3 rings (SSSR count). The van der Waals surface area contributed by atoms with Gasteiger partial charge in [-0.05, 0) is 55.5 Å². The van der Waals surface area contributed by atoms with Crippen LogP contribution in [0.5, 0.6) is 0 Å². The highest BCUT2D eigenvalue weighted by Gasteiger charge is 2.12. The summed E-state index contributed by atoms with van der Waals surface area (Å²) in [6.45, 7) is 2.03. The van der Waals surface area contributed by atoms with Crippen LogP contribution in [0.15, 0.2) is 70.7 Å². The highest BCUT2D eigenvalue weighted by Crippen LogP contribution is 2.24. The van der Waals surface area contributed by atoms with E-state index in [1.807, 2.05) is 6.07 Å². The molecule has 0 unspecified atom stereocenters. The molecule has 0 fully saturated rings. The lowest BCUT2D eigenvalue weighted by Gasteiger charge is -2.03. The number of carbonyl (C=O) groups is 2. The highest BCUT2D eigenvalue weighted by molar-refractivity contribution is 6.09. The van der Waals surface area contributed by atoms with Crippen LogP contribution >= 0.6 is 0 Å². The molecule has 2 aromatic carbocycles. The molecule has 0 bridgehead atoms. The number of nitriles is 1. The van der Waals surface area contributed by atoms with Gasteiger partial charge in [-0.15, -0.1) is 0 Å². The Morgan fingerprint density at radius 2 is 1.80 bits per heavy atom. The molecule has 0 aliphatic carbocycles. The van der Waals surface area contributed by atoms with Gasteiger partial charge in [0.1, 0.15) is 29.0 Å². The predicted molar refractivity (Wildman–Crippen MR) is 109 cm³/mol. The monoisotopic (exact) mass is 404 g/mol. The third kappa shape index (κ3) is 5.00. The molecule has 3 aromatic rings. The van der Waals surface area contributed by atoms with Crippen molar-refractivity contribution in [1.82, 2.24) is 0 Å². The van der Waals surface area contributed by atoms with E-state index in [1.54, 1.807) is 43.3 Å².